The van der Waals surface area contributed by atoms with Gasteiger partial charge in [0.1, 0.15) is 23.2 Å². The summed E-state index contributed by atoms with van der Waals surface area (Å²) < 4.78 is 28.1. The number of nitriles is 1. The lowest BCUT2D eigenvalue weighted by Crippen LogP contribution is -2.14. The van der Waals surface area contributed by atoms with Gasteiger partial charge in [0.15, 0.2) is 0 Å². The average Bonchev–Trinajstić information content (AvgIpc) is 3.20. The summed E-state index contributed by atoms with van der Waals surface area (Å²) in [4.78, 5) is 22.6. The number of non-ortho nitro benzene ring substituents is 1. The monoisotopic (exact) mass is 438 g/mol. The minimum atomic E-state index is -3.86. The number of benzene rings is 2. The summed E-state index contributed by atoms with van der Waals surface area (Å²) in [7, 11) is -3.86. The number of carbonyl (C=O) groups is 1. The van der Waals surface area contributed by atoms with Gasteiger partial charge in [-0.1, -0.05) is 12.1 Å². The van der Waals surface area contributed by atoms with Gasteiger partial charge in [0.25, 0.3) is 11.6 Å². The van der Waals surface area contributed by atoms with Gasteiger partial charge in [-0.05, 0) is 36.4 Å². The quantitative estimate of drug-likeness (QED) is 0.258. The summed E-state index contributed by atoms with van der Waals surface area (Å²) in [5, 5.41) is 27.7. The molecule has 11 heteroatoms. The second-order valence-corrected chi connectivity index (χ2v) is 7.76. The summed E-state index contributed by atoms with van der Waals surface area (Å²) in [6.07, 6.45) is 1.22. The number of nitro benzene ring substituents is 1. The molecule has 0 radical (unpaired) electrons. The lowest BCUT2D eigenvalue weighted by atomic mass is 10.1. The Bertz CT molecular complexity index is 1330. The van der Waals surface area contributed by atoms with Gasteiger partial charge < -0.3 is 9.73 Å². The molecule has 0 unspecified atom stereocenters. The first-order chi connectivity index (χ1) is 14.7. The third-order valence-electron chi connectivity index (χ3n) is 4.06. The number of hydrogen-bond acceptors (Lipinski definition) is 7. The molecule has 156 valence electrons. The standard InChI is InChI=1S/C20H14N4O6S/c21-12-14(20(25)23-15-4-7-18(8-5-15)31(22,28)29)11-17-6-9-19(30-17)13-2-1-3-16(10-13)24(26)27/h1-11H,(H,23,25)(H2,22,28,29). The topological polar surface area (TPSA) is 169 Å². The van der Waals surface area contributed by atoms with E-state index in [1.54, 1.807) is 18.2 Å². The number of nitrogens with one attached hydrogen (secondary N) is 1. The molecule has 0 spiro atoms. The van der Waals surface area contributed by atoms with Gasteiger partial charge >= 0.3 is 0 Å². The fourth-order valence-corrected chi connectivity index (χ4v) is 3.09. The van der Waals surface area contributed by atoms with Crippen LogP contribution in [0, 0.1) is 21.4 Å². The molecule has 31 heavy (non-hydrogen) atoms. The van der Waals surface area contributed by atoms with Gasteiger partial charge in [0.2, 0.25) is 10.0 Å². The van der Waals surface area contributed by atoms with Crippen LogP contribution in [0.15, 0.2) is 75.5 Å². The molecule has 0 saturated carbocycles. The van der Waals surface area contributed by atoms with Gasteiger partial charge in [-0.2, -0.15) is 5.26 Å². The smallest absolute Gasteiger partial charge is 0.270 e. The van der Waals surface area contributed by atoms with Crippen LogP contribution in [0.1, 0.15) is 5.76 Å². The Labute approximate surface area is 176 Å². The van der Waals surface area contributed by atoms with Crippen molar-refractivity contribution < 1.29 is 22.6 Å². The Morgan fingerprint density at radius 3 is 2.48 bits per heavy atom. The predicted molar refractivity (Wildman–Crippen MR) is 111 cm³/mol. The molecule has 1 heterocycles. The molecule has 1 aromatic heterocycles. The highest BCUT2D eigenvalue weighted by Gasteiger charge is 2.14. The minimum Gasteiger partial charge on any atom is -0.457 e. The first-order valence-electron chi connectivity index (χ1n) is 8.58. The van der Waals surface area contributed by atoms with E-state index in [0.29, 0.717) is 11.3 Å². The van der Waals surface area contributed by atoms with Crippen molar-refractivity contribution in [1.29, 1.82) is 5.26 Å². The summed E-state index contributed by atoms with van der Waals surface area (Å²) in [6, 6.07) is 15.8. The number of nitro groups is 1. The van der Waals surface area contributed by atoms with Crippen molar-refractivity contribution in [3.8, 4) is 17.4 Å². The van der Waals surface area contributed by atoms with E-state index in [1.807, 2.05) is 0 Å². The Morgan fingerprint density at radius 2 is 1.87 bits per heavy atom. The largest absolute Gasteiger partial charge is 0.457 e. The number of primary sulfonamides is 1. The maximum Gasteiger partial charge on any atom is 0.270 e. The molecule has 3 N–H and O–H groups in total. The van der Waals surface area contributed by atoms with E-state index < -0.39 is 20.9 Å². The average molecular weight is 438 g/mol. The van der Waals surface area contributed by atoms with Crippen LogP contribution in [0.5, 0.6) is 0 Å². The fraction of sp³-hybridized carbons (Fsp3) is 0. The zero-order valence-electron chi connectivity index (χ0n) is 15.7. The SMILES string of the molecule is N#CC(=Cc1ccc(-c2cccc([N+](=O)[O-])c2)o1)C(=O)Nc1ccc(S(N)(=O)=O)cc1. The van der Waals surface area contributed by atoms with Crippen LogP contribution < -0.4 is 10.5 Å². The highest BCUT2D eigenvalue weighted by atomic mass is 32.2. The number of hydrogen-bond donors (Lipinski definition) is 2. The first kappa shape index (κ1) is 21.4. The van der Waals surface area contributed by atoms with Crippen molar-refractivity contribution >= 4 is 33.4 Å². The van der Waals surface area contributed by atoms with E-state index in [-0.39, 0.29) is 27.6 Å². The van der Waals surface area contributed by atoms with Gasteiger partial charge in [-0.15, -0.1) is 0 Å². The highest BCUT2D eigenvalue weighted by Crippen LogP contribution is 2.26. The van der Waals surface area contributed by atoms with Crippen molar-refractivity contribution in [2.24, 2.45) is 5.14 Å². The number of nitrogens with zero attached hydrogens (tertiary/aromatic N) is 2. The third-order valence-corrected chi connectivity index (χ3v) is 4.99. The van der Waals surface area contributed by atoms with Crippen LogP contribution in [0.4, 0.5) is 11.4 Å². The molecule has 0 atom stereocenters. The molecule has 1 amide bonds. The molecule has 10 nitrogen and oxygen atoms in total. The summed E-state index contributed by atoms with van der Waals surface area (Å²) in [6.45, 7) is 0. The van der Waals surface area contributed by atoms with Crippen LogP contribution >= 0.6 is 0 Å². The Kier molecular flexibility index (Phi) is 5.96. The van der Waals surface area contributed by atoms with Crippen LogP contribution in [0.3, 0.4) is 0 Å². The van der Waals surface area contributed by atoms with Gasteiger partial charge in [0.05, 0.1) is 9.82 Å². The van der Waals surface area contributed by atoms with E-state index in [4.69, 9.17) is 9.56 Å². The van der Waals surface area contributed by atoms with Gasteiger partial charge in [0, 0.05) is 29.5 Å². The van der Waals surface area contributed by atoms with Crippen molar-refractivity contribution in [3.05, 3.63) is 82.1 Å². The molecule has 2 aromatic carbocycles. The maximum atomic E-state index is 12.4. The molecule has 0 fully saturated rings. The van der Waals surface area contributed by atoms with Crippen molar-refractivity contribution in [1.82, 2.24) is 0 Å². The van der Waals surface area contributed by atoms with Crippen molar-refractivity contribution in [2.45, 2.75) is 4.90 Å². The number of sulfonamides is 1. The number of rotatable bonds is 6. The first-order valence-corrected chi connectivity index (χ1v) is 10.1. The number of anilines is 1. The van der Waals surface area contributed by atoms with Crippen LogP contribution in [0.25, 0.3) is 17.4 Å². The molecule has 0 saturated heterocycles. The molecular formula is C20H14N4O6S. The van der Waals surface area contributed by atoms with E-state index in [2.05, 4.69) is 5.32 Å². The molecule has 0 aliphatic carbocycles. The number of furan rings is 1. The van der Waals surface area contributed by atoms with E-state index in [1.165, 1.54) is 54.6 Å². The fourth-order valence-electron chi connectivity index (χ4n) is 2.58. The Hall–Kier alpha value is -4.27. The van der Waals surface area contributed by atoms with Crippen molar-refractivity contribution in [2.75, 3.05) is 5.32 Å². The lowest BCUT2D eigenvalue weighted by Gasteiger charge is -2.05. The highest BCUT2D eigenvalue weighted by molar-refractivity contribution is 7.89. The number of amides is 1. The predicted octanol–water partition coefficient (Wildman–Crippen LogP) is 3.05. The number of nitrogens with two attached hydrogens (primary N) is 1. The zero-order chi connectivity index (χ0) is 22.6. The van der Waals surface area contributed by atoms with Crippen LogP contribution in [-0.4, -0.2) is 19.2 Å². The lowest BCUT2D eigenvalue weighted by molar-refractivity contribution is -0.384. The zero-order valence-corrected chi connectivity index (χ0v) is 16.5. The summed E-state index contributed by atoms with van der Waals surface area (Å²) in [5.41, 5.74) is 0.356. The van der Waals surface area contributed by atoms with E-state index >= 15 is 0 Å². The number of carbonyl (C=O) groups excluding carboxylic acids is 1. The molecule has 3 aromatic rings. The van der Waals surface area contributed by atoms with Gasteiger partial charge in [-0.25, -0.2) is 13.6 Å². The van der Waals surface area contributed by atoms with Gasteiger partial charge in [-0.3, -0.25) is 14.9 Å². The molecule has 3 rings (SSSR count). The Morgan fingerprint density at radius 1 is 1.16 bits per heavy atom. The molecule has 0 aliphatic rings. The Balaban J connectivity index is 1.79. The second kappa shape index (κ2) is 8.62. The second-order valence-electron chi connectivity index (χ2n) is 6.20. The molecule has 0 aliphatic heterocycles. The normalized spacial score (nSPS) is 11.5. The van der Waals surface area contributed by atoms with Crippen LogP contribution in [0.2, 0.25) is 0 Å². The minimum absolute atomic E-state index is 0.100. The van der Waals surface area contributed by atoms with Crippen LogP contribution in [-0.2, 0) is 14.8 Å². The van der Waals surface area contributed by atoms with Crippen molar-refractivity contribution in [3.63, 3.8) is 0 Å². The molecule has 0 bridgehead atoms. The maximum absolute atomic E-state index is 12.4. The third kappa shape index (κ3) is 5.21. The summed E-state index contributed by atoms with van der Waals surface area (Å²) >= 11 is 0. The van der Waals surface area contributed by atoms with E-state index in [9.17, 15) is 28.6 Å². The molecular weight excluding hydrogens is 424 g/mol. The van der Waals surface area contributed by atoms with E-state index in [0.717, 1.165) is 0 Å². The summed E-state index contributed by atoms with van der Waals surface area (Å²) in [5.74, 6) is -0.219.